The number of hydrogen-bond donors (Lipinski definition) is 2. The minimum Gasteiger partial charge on any atom is -0.383 e. The summed E-state index contributed by atoms with van der Waals surface area (Å²) < 4.78 is 0. The average Bonchev–Trinajstić information content (AvgIpc) is 2.25. The van der Waals surface area contributed by atoms with Crippen molar-refractivity contribution in [2.75, 3.05) is 0 Å². The molecule has 1 aromatic rings. The molecular weight excluding hydrogens is 202 g/mol. The largest absolute Gasteiger partial charge is 0.383 e. The number of nitrogens with two attached hydrogens (primary N) is 1. The van der Waals surface area contributed by atoms with Gasteiger partial charge in [0.2, 0.25) is 0 Å². The van der Waals surface area contributed by atoms with E-state index in [9.17, 15) is 9.90 Å². The zero-order valence-corrected chi connectivity index (χ0v) is 9.81. The number of carbonyl (C=O) groups excluding carboxylic acids is 1. The van der Waals surface area contributed by atoms with Crippen LogP contribution in [-0.4, -0.2) is 22.5 Å². The lowest BCUT2D eigenvalue weighted by atomic mass is 9.92. The van der Waals surface area contributed by atoms with E-state index in [4.69, 9.17) is 5.73 Å². The number of hydrogen-bond acceptors (Lipinski definition) is 3. The van der Waals surface area contributed by atoms with E-state index in [-0.39, 0.29) is 5.78 Å². The maximum atomic E-state index is 11.6. The van der Waals surface area contributed by atoms with E-state index in [0.717, 1.165) is 5.56 Å². The van der Waals surface area contributed by atoms with Crippen molar-refractivity contribution >= 4 is 5.78 Å². The van der Waals surface area contributed by atoms with Crippen LogP contribution in [0.25, 0.3) is 0 Å². The van der Waals surface area contributed by atoms with Crippen LogP contribution in [0, 0.1) is 0 Å². The molecule has 0 aliphatic rings. The third-order valence-electron chi connectivity index (χ3n) is 2.51. The molecule has 0 heterocycles. The highest BCUT2D eigenvalue weighted by molar-refractivity contribution is 5.84. The molecule has 3 nitrogen and oxygen atoms in total. The second kappa shape index (κ2) is 5.23. The molecular formula is C13H19NO2. The van der Waals surface area contributed by atoms with Crippen molar-refractivity contribution in [2.45, 2.75) is 38.3 Å². The fraction of sp³-hybridized carbons (Fsp3) is 0.462. The zero-order chi connectivity index (χ0) is 12.2. The summed E-state index contributed by atoms with van der Waals surface area (Å²) in [5.74, 6) is -0.198. The Hall–Kier alpha value is -1.19. The fourth-order valence-electron chi connectivity index (χ4n) is 1.46. The minimum atomic E-state index is -1.09. The van der Waals surface area contributed by atoms with Crippen LogP contribution in [0.2, 0.25) is 0 Å². The Bertz CT molecular complexity index is 341. The summed E-state index contributed by atoms with van der Waals surface area (Å²) in [6, 6.07) is 9.73. The van der Waals surface area contributed by atoms with Crippen molar-refractivity contribution in [2.24, 2.45) is 5.73 Å². The molecule has 1 rings (SSSR count). The molecule has 0 radical (unpaired) electrons. The highest BCUT2D eigenvalue weighted by atomic mass is 16.3. The Labute approximate surface area is 96.3 Å². The fourth-order valence-corrected chi connectivity index (χ4v) is 1.46. The summed E-state index contributed by atoms with van der Waals surface area (Å²) in [5, 5.41) is 9.66. The monoisotopic (exact) mass is 221 g/mol. The first-order valence-electron chi connectivity index (χ1n) is 5.45. The van der Waals surface area contributed by atoms with Crippen LogP contribution in [-0.2, 0) is 11.2 Å². The first-order valence-corrected chi connectivity index (χ1v) is 5.45. The van der Waals surface area contributed by atoms with Gasteiger partial charge in [0.25, 0.3) is 0 Å². The number of Topliss-reactive ketones (excluding diaryl/α,β-unsaturated/α-hetero) is 1. The molecule has 1 aromatic carbocycles. The molecule has 0 bridgehead atoms. The van der Waals surface area contributed by atoms with Crippen LogP contribution >= 0.6 is 0 Å². The van der Waals surface area contributed by atoms with Gasteiger partial charge < -0.3 is 10.8 Å². The Morgan fingerprint density at radius 2 is 1.94 bits per heavy atom. The molecule has 0 aromatic heterocycles. The third-order valence-corrected chi connectivity index (χ3v) is 2.51. The Balaban J connectivity index is 2.48. The van der Waals surface area contributed by atoms with Crippen molar-refractivity contribution in [3.63, 3.8) is 0 Å². The zero-order valence-electron chi connectivity index (χ0n) is 9.81. The summed E-state index contributed by atoms with van der Waals surface area (Å²) in [5.41, 5.74) is 5.91. The number of rotatable bonds is 5. The molecule has 3 heteroatoms. The maximum Gasteiger partial charge on any atom is 0.163 e. The van der Waals surface area contributed by atoms with Crippen LogP contribution in [0.1, 0.15) is 25.8 Å². The number of carbonyl (C=O) groups is 1. The van der Waals surface area contributed by atoms with Crippen LogP contribution < -0.4 is 5.73 Å². The van der Waals surface area contributed by atoms with Crippen molar-refractivity contribution in [3.8, 4) is 0 Å². The molecule has 1 atom stereocenters. The van der Waals surface area contributed by atoms with Gasteiger partial charge in [0.05, 0.1) is 0 Å². The van der Waals surface area contributed by atoms with Crippen LogP contribution in [0.4, 0.5) is 0 Å². The lowest BCUT2D eigenvalue weighted by Crippen LogP contribution is -2.49. The van der Waals surface area contributed by atoms with Gasteiger partial charge in [0, 0.05) is 12.0 Å². The first-order chi connectivity index (χ1) is 7.41. The molecule has 16 heavy (non-hydrogen) atoms. The third kappa shape index (κ3) is 3.76. The molecule has 0 saturated carbocycles. The van der Waals surface area contributed by atoms with Gasteiger partial charge in [0.1, 0.15) is 6.10 Å². The van der Waals surface area contributed by atoms with E-state index < -0.39 is 11.6 Å². The Kier molecular flexibility index (Phi) is 4.21. The molecule has 0 amide bonds. The summed E-state index contributed by atoms with van der Waals surface area (Å²) in [6.07, 6.45) is -0.116. The van der Waals surface area contributed by atoms with E-state index in [1.54, 1.807) is 13.8 Å². The van der Waals surface area contributed by atoms with Gasteiger partial charge in [0.15, 0.2) is 5.78 Å². The molecule has 0 aliphatic heterocycles. The highest BCUT2D eigenvalue weighted by Crippen LogP contribution is 2.10. The standard InChI is InChI=1S/C13H19NO2/c1-13(2,14)12(16)11(15)9-8-10-6-4-3-5-7-10/h3-7,12,16H,8-9,14H2,1-2H3. The average molecular weight is 221 g/mol. The van der Waals surface area contributed by atoms with Crippen LogP contribution in [0.15, 0.2) is 30.3 Å². The summed E-state index contributed by atoms with van der Waals surface area (Å²) in [6.45, 7) is 3.30. The van der Waals surface area contributed by atoms with Gasteiger partial charge in [-0.2, -0.15) is 0 Å². The number of aliphatic hydroxyl groups excluding tert-OH is 1. The minimum absolute atomic E-state index is 0.198. The van der Waals surface area contributed by atoms with Crippen molar-refractivity contribution in [1.29, 1.82) is 0 Å². The topological polar surface area (TPSA) is 63.3 Å². The predicted octanol–water partition coefficient (Wildman–Crippen LogP) is 1.29. The Morgan fingerprint density at radius 1 is 1.38 bits per heavy atom. The van der Waals surface area contributed by atoms with Crippen molar-refractivity contribution in [3.05, 3.63) is 35.9 Å². The van der Waals surface area contributed by atoms with Crippen LogP contribution in [0.3, 0.4) is 0 Å². The van der Waals surface area contributed by atoms with E-state index in [1.165, 1.54) is 0 Å². The van der Waals surface area contributed by atoms with Crippen molar-refractivity contribution < 1.29 is 9.90 Å². The second-order valence-corrected chi connectivity index (χ2v) is 4.68. The van der Waals surface area contributed by atoms with Gasteiger partial charge in [-0.3, -0.25) is 4.79 Å². The Morgan fingerprint density at radius 3 is 2.44 bits per heavy atom. The van der Waals surface area contributed by atoms with Gasteiger partial charge in [-0.15, -0.1) is 0 Å². The second-order valence-electron chi connectivity index (χ2n) is 4.68. The smallest absolute Gasteiger partial charge is 0.163 e. The summed E-state index contributed by atoms with van der Waals surface area (Å²) >= 11 is 0. The van der Waals surface area contributed by atoms with Gasteiger partial charge in [-0.1, -0.05) is 30.3 Å². The lowest BCUT2D eigenvalue weighted by molar-refractivity contribution is -0.129. The predicted molar refractivity (Wildman–Crippen MR) is 64.0 cm³/mol. The first kappa shape index (κ1) is 12.9. The van der Waals surface area contributed by atoms with Gasteiger partial charge in [-0.25, -0.2) is 0 Å². The van der Waals surface area contributed by atoms with E-state index in [0.29, 0.717) is 12.8 Å². The van der Waals surface area contributed by atoms with E-state index >= 15 is 0 Å². The molecule has 0 aliphatic carbocycles. The SMILES string of the molecule is CC(C)(N)C(O)C(=O)CCc1ccccc1. The molecule has 0 saturated heterocycles. The van der Waals surface area contributed by atoms with Crippen LogP contribution in [0.5, 0.6) is 0 Å². The maximum absolute atomic E-state index is 11.6. The number of ketones is 1. The lowest BCUT2D eigenvalue weighted by Gasteiger charge is -2.24. The van der Waals surface area contributed by atoms with Crippen molar-refractivity contribution in [1.82, 2.24) is 0 Å². The van der Waals surface area contributed by atoms with Gasteiger partial charge >= 0.3 is 0 Å². The van der Waals surface area contributed by atoms with Gasteiger partial charge in [-0.05, 0) is 25.8 Å². The quantitative estimate of drug-likeness (QED) is 0.787. The number of aliphatic hydroxyl groups is 1. The number of benzene rings is 1. The molecule has 0 fully saturated rings. The molecule has 88 valence electrons. The molecule has 3 N–H and O–H groups in total. The van der Waals surface area contributed by atoms with E-state index in [1.807, 2.05) is 30.3 Å². The highest BCUT2D eigenvalue weighted by Gasteiger charge is 2.28. The summed E-state index contributed by atoms with van der Waals surface area (Å²) in [4.78, 5) is 11.6. The van der Waals surface area contributed by atoms with E-state index in [2.05, 4.69) is 0 Å². The normalized spacial score (nSPS) is 13.5. The molecule has 0 spiro atoms. The number of aryl methyl sites for hydroxylation is 1. The summed E-state index contributed by atoms with van der Waals surface area (Å²) in [7, 11) is 0. The molecule has 1 unspecified atom stereocenters.